The predicted octanol–water partition coefficient (Wildman–Crippen LogP) is 1.69. The van der Waals surface area contributed by atoms with Gasteiger partial charge >= 0.3 is 0 Å². The monoisotopic (exact) mass is 310 g/mol. The smallest absolute Gasteiger partial charge is 0.258 e. The maximum atomic E-state index is 11.9. The fraction of sp³-hybridized carbons (Fsp3) is 0. The Kier molecular flexibility index (Phi) is 2.87. The number of fused-ring (bicyclic) bond motifs is 1. The number of pyridine rings is 1. The molecule has 7 heteroatoms. The van der Waals surface area contributed by atoms with Crippen LogP contribution < -0.4 is 4.72 Å². The van der Waals surface area contributed by atoms with Gasteiger partial charge in [0.05, 0.1) is 11.7 Å². The Hall–Kier alpha value is -2.80. The van der Waals surface area contributed by atoms with Crippen molar-refractivity contribution in [2.45, 2.75) is 0 Å². The first kappa shape index (κ1) is 12.9. The van der Waals surface area contributed by atoms with Gasteiger partial charge in [-0.2, -0.15) is 5.10 Å². The lowest BCUT2D eigenvalue weighted by atomic mass is 10.1. The van der Waals surface area contributed by atoms with E-state index in [4.69, 9.17) is 0 Å². The summed E-state index contributed by atoms with van der Waals surface area (Å²) in [4.78, 5) is 15.4. The van der Waals surface area contributed by atoms with Crippen LogP contribution in [0.4, 0.5) is 0 Å². The van der Waals surface area contributed by atoms with Crippen molar-refractivity contribution in [3.63, 3.8) is 0 Å². The van der Waals surface area contributed by atoms with Crippen LogP contribution in [0.5, 0.6) is 0 Å². The number of rotatable bonds is 2. The minimum absolute atomic E-state index is 0.340. The molecule has 1 aliphatic heterocycles. The van der Waals surface area contributed by atoms with E-state index < -0.39 is 11.0 Å². The average Bonchev–Trinajstić information content (AvgIpc) is 3.10. The fourth-order valence-corrected chi connectivity index (χ4v) is 3.26. The molecule has 4 rings (SSSR count). The summed E-state index contributed by atoms with van der Waals surface area (Å²) in [7, 11) is -1.58. The molecule has 0 spiro atoms. The number of hydrogen-bond acceptors (Lipinski definition) is 4. The molecular formula is C15H10N4O2S. The standard InChI is InChI=1S/C15H10N4O2S/c20-14-8-15(22(21)18-14)19-13-7-11(1-2-12(13)9-17-19)10-3-5-16-6-4-10/h1-9H,(H,18,20). The number of benzene rings is 1. The van der Waals surface area contributed by atoms with E-state index in [2.05, 4.69) is 14.8 Å². The Morgan fingerprint density at radius 1 is 1.09 bits per heavy atom. The fourth-order valence-electron chi connectivity index (χ4n) is 2.40. The number of carbonyl (C=O) groups excluding carboxylic acids is 1. The summed E-state index contributed by atoms with van der Waals surface area (Å²) in [5.74, 6) is -0.373. The number of nitrogens with one attached hydrogen (secondary N) is 1. The van der Waals surface area contributed by atoms with Gasteiger partial charge in [0, 0.05) is 23.9 Å². The van der Waals surface area contributed by atoms with Gasteiger partial charge in [-0.1, -0.05) is 12.1 Å². The zero-order valence-electron chi connectivity index (χ0n) is 11.3. The first-order valence-corrected chi connectivity index (χ1v) is 7.70. The van der Waals surface area contributed by atoms with Crippen LogP contribution in [0.3, 0.4) is 0 Å². The summed E-state index contributed by atoms with van der Waals surface area (Å²) < 4.78 is 15.8. The van der Waals surface area contributed by atoms with Crippen molar-refractivity contribution in [3.8, 4) is 11.1 Å². The lowest BCUT2D eigenvalue weighted by Gasteiger charge is -2.05. The molecule has 0 bridgehead atoms. The normalized spacial score (nSPS) is 17.5. The molecule has 1 amide bonds. The van der Waals surface area contributed by atoms with Gasteiger partial charge in [0.25, 0.3) is 5.91 Å². The van der Waals surface area contributed by atoms with Crippen molar-refractivity contribution < 1.29 is 9.00 Å². The van der Waals surface area contributed by atoms with Crippen molar-refractivity contribution in [3.05, 3.63) is 55.0 Å². The molecule has 0 radical (unpaired) electrons. The maximum Gasteiger partial charge on any atom is 0.258 e. The van der Waals surface area contributed by atoms with Crippen LogP contribution in [0, 0.1) is 0 Å². The Labute approximate surface area is 128 Å². The Bertz CT molecular complexity index is 947. The predicted molar refractivity (Wildman–Crippen MR) is 83.5 cm³/mol. The van der Waals surface area contributed by atoms with Crippen LogP contribution in [-0.2, 0) is 15.8 Å². The average molecular weight is 310 g/mol. The van der Waals surface area contributed by atoms with E-state index in [0.29, 0.717) is 5.03 Å². The molecule has 0 fully saturated rings. The topological polar surface area (TPSA) is 76.9 Å². The van der Waals surface area contributed by atoms with Crippen molar-refractivity contribution >= 4 is 32.8 Å². The van der Waals surface area contributed by atoms with Crippen LogP contribution >= 0.6 is 0 Å². The Morgan fingerprint density at radius 3 is 2.64 bits per heavy atom. The zero-order chi connectivity index (χ0) is 15.1. The van der Waals surface area contributed by atoms with Gasteiger partial charge in [-0.05, 0) is 29.3 Å². The van der Waals surface area contributed by atoms with Crippen LogP contribution in [0.1, 0.15) is 0 Å². The molecule has 1 atom stereocenters. The van der Waals surface area contributed by atoms with Gasteiger partial charge in [0.15, 0.2) is 16.0 Å². The van der Waals surface area contributed by atoms with Gasteiger partial charge in [-0.3, -0.25) is 14.5 Å². The molecule has 1 aliphatic rings. The summed E-state index contributed by atoms with van der Waals surface area (Å²) in [6.07, 6.45) is 6.45. The van der Waals surface area contributed by atoms with Crippen LogP contribution in [0.2, 0.25) is 0 Å². The van der Waals surface area contributed by atoms with E-state index >= 15 is 0 Å². The lowest BCUT2D eigenvalue weighted by Crippen LogP contribution is -2.17. The molecule has 108 valence electrons. The minimum Gasteiger partial charge on any atom is -0.269 e. The van der Waals surface area contributed by atoms with E-state index in [9.17, 15) is 9.00 Å². The second-order valence-electron chi connectivity index (χ2n) is 4.78. The summed E-state index contributed by atoms with van der Waals surface area (Å²) in [5.41, 5.74) is 2.83. The van der Waals surface area contributed by atoms with Gasteiger partial charge in [-0.15, -0.1) is 0 Å². The van der Waals surface area contributed by atoms with Crippen molar-refractivity contribution in [2.75, 3.05) is 0 Å². The van der Waals surface area contributed by atoms with Gasteiger partial charge in [0.2, 0.25) is 0 Å². The first-order valence-electron chi connectivity index (χ1n) is 6.55. The first-order chi connectivity index (χ1) is 10.7. The number of aromatic nitrogens is 3. The molecule has 6 nitrogen and oxygen atoms in total. The number of amides is 1. The molecular weight excluding hydrogens is 300 g/mol. The van der Waals surface area contributed by atoms with Gasteiger partial charge in [0.1, 0.15) is 0 Å². The number of nitrogens with zero attached hydrogens (tertiary/aromatic N) is 3. The molecule has 0 aliphatic carbocycles. The summed E-state index contributed by atoms with van der Waals surface area (Å²) >= 11 is 0. The molecule has 1 N–H and O–H groups in total. The summed E-state index contributed by atoms with van der Waals surface area (Å²) in [6, 6.07) is 9.73. The molecule has 22 heavy (non-hydrogen) atoms. The minimum atomic E-state index is -1.58. The Balaban J connectivity index is 1.89. The second-order valence-corrected chi connectivity index (χ2v) is 5.94. The molecule has 3 heterocycles. The van der Waals surface area contributed by atoms with Crippen molar-refractivity contribution in [1.82, 2.24) is 19.5 Å². The third kappa shape index (κ3) is 2.03. The molecule has 2 aromatic heterocycles. The highest BCUT2D eigenvalue weighted by Crippen LogP contribution is 2.26. The highest BCUT2D eigenvalue weighted by atomic mass is 32.2. The van der Waals surface area contributed by atoms with Crippen LogP contribution in [-0.4, -0.2) is 24.9 Å². The van der Waals surface area contributed by atoms with Crippen LogP contribution in [0.25, 0.3) is 27.1 Å². The van der Waals surface area contributed by atoms with E-state index in [1.54, 1.807) is 18.6 Å². The van der Waals surface area contributed by atoms with E-state index in [1.165, 1.54) is 10.8 Å². The second kappa shape index (κ2) is 4.88. The summed E-state index contributed by atoms with van der Waals surface area (Å²) in [5, 5.41) is 5.50. The van der Waals surface area contributed by atoms with E-state index in [-0.39, 0.29) is 5.91 Å². The van der Waals surface area contributed by atoms with E-state index in [0.717, 1.165) is 22.0 Å². The van der Waals surface area contributed by atoms with Crippen LogP contribution in [0.15, 0.2) is 55.0 Å². The highest BCUT2D eigenvalue weighted by molar-refractivity contribution is 7.93. The Morgan fingerprint density at radius 2 is 1.91 bits per heavy atom. The lowest BCUT2D eigenvalue weighted by molar-refractivity contribution is -0.114. The van der Waals surface area contributed by atoms with E-state index in [1.807, 2.05) is 30.3 Å². The third-order valence-electron chi connectivity index (χ3n) is 3.43. The van der Waals surface area contributed by atoms with Crippen molar-refractivity contribution in [1.29, 1.82) is 0 Å². The number of hydrogen-bond donors (Lipinski definition) is 1. The quantitative estimate of drug-likeness (QED) is 0.781. The molecule has 1 unspecified atom stereocenters. The SMILES string of the molecule is O=C1C=C(n2ncc3ccc(-c4ccncc4)cc32)S(=O)N1. The third-order valence-corrected chi connectivity index (χ3v) is 4.49. The molecule has 3 aromatic rings. The largest absolute Gasteiger partial charge is 0.269 e. The van der Waals surface area contributed by atoms with Gasteiger partial charge < -0.3 is 0 Å². The molecule has 1 aromatic carbocycles. The van der Waals surface area contributed by atoms with Crippen molar-refractivity contribution in [2.24, 2.45) is 0 Å². The van der Waals surface area contributed by atoms with Gasteiger partial charge in [-0.25, -0.2) is 8.89 Å². The summed E-state index contributed by atoms with van der Waals surface area (Å²) in [6.45, 7) is 0. The highest BCUT2D eigenvalue weighted by Gasteiger charge is 2.23. The maximum absolute atomic E-state index is 11.9. The molecule has 0 saturated carbocycles. The zero-order valence-corrected chi connectivity index (χ0v) is 12.1. The molecule has 0 saturated heterocycles. The number of carbonyl (C=O) groups is 1.